The van der Waals surface area contributed by atoms with Gasteiger partial charge in [0.15, 0.2) is 0 Å². The molecule has 1 aromatic rings. The van der Waals surface area contributed by atoms with Crippen LogP contribution in [-0.2, 0) is 42.9 Å². The topological polar surface area (TPSA) is 142 Å². The predicted octanol–water partition coefficient (Wildman–Crippen LogP) is 1.42. The van der Waals surface area contributed by atoms with Crippen molar-refractivity contribution in [3.63, 3.8) is 0 Å². The highest BCUT2D eigenvalue weighted by Crippen LogP contribution is 2.22. The van der Waals surface area contributed by atoms with Gasteiger partial charge in [-0.2, -0.15) is 0 Å². The number of esters is 4. The van der Waals surface area contributed by atoms with E-state index >= 15 is 0 Å². The third-order valence-electron chi connectivity index (χ3n) is 3.45. The molecule has 1 aromatic carbocycles. The lowest BCUT2D eigenvalue weighted by Crippen LogP contribution is -2.46. The molecule has 0 amide bonds. The van der Waals surface area contributed by atoms with Gasteiger partial charge in [-0.1, -0.05) is 44.2 Å². The lowest BCUT2D eigenvalue weighted by Gasteiger charge is -2.24. The normalized spacial score (nSPS) is 13.5. The number of ether oxygens (including phenoxy) is 4. The molecule has 3 atom stereocenters. The van der Waals surface area contributed by atoms with Gasteiger partial charge >= 0.3 is 29.8 Å². The molecular weight excluding hydrogens is 400 g/mol. The van der Waals surface area contributed by atoms with E-state index in [2.05, 4.69) is 4.74 Å². The van der Waals surface area contributed by atoms with Crippen LogP contribution in [0.15, 0.2) is 30.3 Å². The summed E-state index contributed by atoms with van der Waals surface area (Å²) in [5.74, 6) is -6.07. The van der Waals surface area contributed by atoms with Gasteiger partial charge < -0.3 is 24.1 Å². The Hall–Kier alpha value is -3.43. The summed E-state index contributed by atoms with van der Waals surface area (Å²) in [4.78, 5) is 59.2. The van der Waals surface area contributed by atoms with Crippen molar-refractivity contribution in [3.05, 3.63) is 35.9 Å². The summed E-state index contributed by atoms with van der Waals surface area (Å²) in [5, 5.41) is 9.29. The zero-order chi connectivity index (χ0) is 22.8. The van der Waals surface area contributed by atoms with E-state index < -0.39 is 48.2 Å². The van der Waals surface area contributed by atoms with Crippen LogP contribution in [0.5, 0.6) is 0 Å². The fourth-order valence-electron chi connectivity index (χ4n) is 2.22. The van der Waals surface area contributed by atoms with E-state index in [1.54, 1.807) is 18.2 Å². The summed E-state index contributed by atoms with van der Waals surface area (Å²) < 4.78 is 19.6. The van der Waals surface area contributed by atoms with E-state index in [-0.39, 0.29) is 18.1 Å². The maximum Gasteiger partial charge on any atom is 0.353 e. The van der Waals surface area contributed by atoms with Crippen LogP contribution in [0.3, 0.4) is 0 Å². The summed E-state index contributed by atoms with van der Waals surface area (Å²) in [6.07, 6.45) is -5.85. The Morgan fingerprint density at radius 2 is 1.37 bits per heavy atom. The SMILES string of the molecule is CC(=O)O[C@@H](C(=O)O)[C@@H](OC(C)=O)C(=O)O[C@@H](C(=O)OCC(C)C)c1ccccc1. The fourth-order valence-corrected chi connectivity index (χ4v) is 2.22. The standard InChI is InChI=1S/C20H24O10/c1-11(2)10-27-19(25)15(14-8-6-5-7-9-14)30-20(26)17(29-13(4)22)16(18(23)24)28-12(3)21/h5-9,11,15-17H,10H2,1-4H3,(H,23,24)/t15-,16-,17-/m1/s1. The first-order valence-electron chi connectivity index (χ1n) is 9.02. The van der Waals surface area contributed by atoms with Gasteiger partial charge in [-0.15, -0.1) is 0 Å². The molecule has 0 aromatic heterocycles. The Labute approximate surface area is 173 Å². The molecule has 1 rings (SSSR count). The second kappa shape index (κ2) is 11.5. The molecule has 0 aliphatic carbocycles. The van der Waals surface area contributed by atoms with Gasteiger partial charge in [0, 0.05) is 19.4 Å². The molecule has 10 nitrogen and oxygen atoms in total. The highest BCUT2D eigenvalue weighted by molar-refractivity contribution is 5.89. The first kappa shape index (κ1) is 24.6. The maximum atomic E-state index is 12.7. The molecule has 0 fully saturated rings. The Bertz CT molecular complexity index is 771. The summed E-state index contributed by atoms with van der Waals surface area (Å²) in [5.41, 5.74) is 0.251. The highest BCUT2D eigenvalue weighted by atomic mass is 16.6. The van der Waals surface area contributed by atoms with Crippen LogP contribution >= 0.6 is 0 Å². The van der Waals surface area contributed by atoms with Crippen LogP contribution in [0.2, 0.25) is 0 Å². The number of carboxylic acids is 1. The van der Waals surface area contributed by atoms with Crippen LogP contribution in [0.1, 0.15) is 39.4 Å². The van der Waals surface area contributed by atoms with Crippen molar-refractivity contribution >= 4 is 29.8 Å². The predicted molar refractivity (Wildman–Crippen MR) is 99.8 cm³/mol. The number of carbonyl (C=O) groups excluding carboxylic acids is 4. The van der Waals surface area contributed by atoms with Crippen LogP contribution in [0, 0.1) is 5.92 Å². The molecule has 0 radical (unpaired) electrons. The number of carbonyl (C=O) groups is 5. The second-order valence-corrected chi connectivity index (χ2v) is 6.65. The third-order valence-corrected chi connectivity index (χ3v) is 3.45. The largest absolute Gasteiger partial charge is 0.478 e. The first-order valence-corrected chi connectivity index (χ1v) is 9.02. The van der Waals surface area contributed by atoms with Crippen molar-refractivity contribution < 1.29 is 48.0 Å². The molecule has 30 heavy (non-hydrogen) atoms. The highest BCUT2D eigenvalue weighted by Gasteiger charge is 2.42. The van der Waals surface area contributed by atoms with Crippen LogP contribution in [-0.4, -0.2) is 53.8 Å². The van der Waals surface area contributed by atoms with E-state index in [4.69, 9.17) is 14.2 Å². The Morgan fingerprint density at radius 3 is 1.83 bits per heavy atom. The Balaban J connectivity index is 3.20. The average Bonchev–Trinajstić information content (AvgIpc) is 2.66. The minimum Gasteiger partial charge on any atom is -0.478 e. The van der Waals surface area contributed by atoms with Crippen molar-refractivity contribution in [2.75, 3.05) is 6.61 Å². The lowest BCUT2D eigenvalue weighted by atomic mass is 10.1. The Kier molecular flexibility index (Phi) is 9.47. The molecule has 164 valence electrons. The third kappa shape index (κ3) is 7.90. The zero-order valence-electron chi connectivity index (χ0n) is 17.0. The van der Waals surface area contributed by atoms with Gasteiger partial charge in [-0.25, -0.2) is 14.4 Å². The number of carboxylic acid groups (broad SMARTS) is 1. The molecule has 0 aliphatic rings. The van der Waals surface area contributed by atoms with Crippen molar-refractivity contribution in [2.45, 2.75) is 46.0 Å². The van der Waals surface area contributed by atoms with E-state index in [9.17, 15) is 29.1 Å². The van der Waals surface area contributed by atoms with Gasteiger partial charge in [-0.3, -0.25) is 9.59 Å². The number of benzene rings is 1. The monoisotopic (exact) mass is 424 g/mol. The zero-order valence-corrected chi connectivity index (χ0v) is 17.0. The fraction of sp³-hybridized carbons (Fsp3) is 0.450. The van der Waals surface area contributed by atoms with E-state index in [0.29, 0.717) is 0 Å². The van der Waals surface area contributed by atoms with E-state index in [0.717, 1.165) is 13.8 Å². The summed E-state index contributed by atoms with van der Waals surface area (Å²) in [6, 6.07) is 7.85. The van der Waals surface area contributed by atoms with Crippen LogP contribution < -0.4 is 0 Å². The Morgan fingerprint density at radius 1 is 0.833 bits per heavy atom. The molecule has 0 saturated heterocycles. The smallest absolute Gasteiger partial charge is 0.353 e. The molecule has 1 N–H and O–H groups in total. The summed E-state index contributed by atoms with van der Waals surface area (Å²) in [6.45, 7) is 5.52. The first-order chi connectivity index (χ1) is 14.0. The van der Waals surface area contributed by atoms with E-state index in [1.165, 1.54) is 12.1 Å². The second-order valence-electron chi connectivity index (χ2n) is 6.65. The van der Waals surface area contributed by atoms with Crippen molar-refractivity contribution in [2.24, 2.45) is 5.92 Å². The summed E-state index contributed by atoms with van der Waals surface area (Å²) >= 11 is 0. The van der Waals surface area contributed by atoms with Gasteiger partial charge in [-0.05, 0) is 5.92 Å². The number of hydrogen-bond donors (Lipinski definition) is 1. The minimum atomic E-state index is -2.16. The molecule has 0 saturated carbocycles. The minimum absolute atomic E-state index is 0.00947. The van der Waals surface area contributed by atoms with Crippen molar-refractivity contribution in [3.8, 4) is 0 Å². The van der Waals surface area contributed by atoms with Crippen molar-refractivity contribution in [1.82, 2.24) is 0 Å². The number of hydrogen-bond acceptors (Lipinski definition) is 9. The molecule has 10 heteroatoms. The molecule has 0 bridgehead atoms. The van der Waals surface area contributed by atoms with Crippen LogP contribution in [0.4, 0.5) is 0 Å². The van der Waals surface area contributed by atoms with Crippen molar-refractivity contribution in [1.29, 1.82) is 0 Å². The number of aliphatic carboxylic acids is 1. The van der Waals surface area contributed by atoms with Crippen LogP contribution in [0.25, 0.3) is 0 Å². The van der Waals surface area contributed by atoms with Gasteiger partial charge in [0.1, 0.15) is 0 Å². The van der Waals surface area contributed by atoms with Gasteiger partial charge in [0.05, 0.1) is 6.61 Å². The molecule has 0 spiro atoms. The van der Waals surface area contributed by atoms with Gasteiger partial charge in [0.25, 0.3) is 0 Å². The number of rotatable bonds is 10. The molecule has 0 heterocycles. The molecule has 0 aliphatic heterocycles. The lowest BCUT2D eigenvalue weighted by molar-refractivity contribution is -0.193. The molecular formula is C20H24O10. The molecule has 0 unspecified atom stereocenters. The van der Waals surface area contributed by atoms with Gasteiger partial charge in [0.2, 0.25) is 18.3 Å². The average molecular weight is 424 g/mol. The van der Waals surface area contributed by atoms with E-state index in [1.807, 2.05) is 13.8 Å². The maximum absolute atomic E-state index is 12.7. The quantitative estimate of drug-likeness (QED) is 0.433. The summed E-state index contributed by atoms with van der Waals surface area (Å²) in [7, 11) is 0.